The quantitative estimate of drug-likeness (QED) is 0.770. The molecule has 0 saturated carbocycles. The van der Waals surface area contributed by atoms with E-state index in [0.717, 1.165) is 24.9 Å². The number of piperidine rings is 1. The Morgan fingerprint density at radius 3 is 3.04 bits per heavy atom. The van der Waals surface area contributed by atoms with Gasteiger partial charge in [0.2, 0.25) is 0 Å². The molecule has 3 rings (SSSR count). The molecule has 6 heteroatoms. The summed E-state index contributed by atoms with van der Waals surface area (Å²) < 4.78 is 11.4. The van der Waals surface area contributed by atoms with Gasteiger partial charge in [-0.1, -0.05) is 0 Å². The molecule has 1 saturated heterocycles. The SMILES string of the molecule is Cc1cc2c(c(C(=O)NC[C@@H]3CCNCC3O)c1)OCCCO2. The molecule has 1 aromatic carbocycles. The fourth-order valence-electron chi connectivity index (χ4n) is 3.03. The number of hydrogen-bond acceptors (Lipinski definition) is 5. The standard InChI is InChI=1S/C17H24N2O4/c1-11-7-13(16-15(8-11)22-5-2-6-23-16)17(21)19-9-12-3-4-18-10-14(12)20/h7-8,12,14,18,20H,2-6,9-10H2,1H3,(H,19,21)/t12-,14?/m0/s1. The first-order valence-corrected chi connectivity index (χ1v) is 8.22. The van der Waals surface area contributed by atoms with Crippen molar-refractivity contribution in [3.63, 3.8) is 0 Å². The van der Waals surface area contributed by atoms with Crippen molar-refractivity contribution in [2.75, 3.05) is 32.8 Å². The molecule has 6 nitrogen and oxygen atoms in total. The Labute approximate surface area is 136 Å². The maximum absolute atomic E-state index is 12.6. The summed E-state index contributed by atoms with van der Waals surface area (Å²) in [5, 5.41) is 16.0. The molecule has 3 N–H and O–H groups in total. The number of hydrogen-bond donors (Lipinski definition) is 3. The van der Waals surface area contributed by atoms with Crippen molar-refractivity contribution in [1.82, 2.24) is 10.6 Å². The second-order valence-electron chi connectivity index (χ2n) is 6.22. The van der Waals surface area contributed by atoms with E-state index in [2.05, 4.69) is 10.6 Å². The summed E-state index contributed by atoms with van der Waals surface area (Å²) in [5.41, 5.74) is 1.46. The number of carbonyl (C=O) groups excluding carboxylic acids is 1. The number of aliphatic hydroxyl groups excluding tert-OH is 1. The van der Waals surface area contributed by atoms with Crippen LogP contribution in [-0.2, 0) is 0 Å². The minimum Gasteiger partial charge on any atom is -0.490 e. The number of benzene rings is 1. The monoisotopic (exact) mass is 320 g/mol. The molecule has 2 atom stereocenters. The van der Waals surface area contributed by atoms with Gasteiger partial charge in [-0.05, 0) is 37.6 Å². The summed E-state index contributed by atoms with van der Waals surface area (Å²) >= 11 is 0. The van der Waals surface area contributed by atoms with Gasteiger partial charge in [0.05, 0.1) is 24.9 Å². The van der Waals surface area contributed by atoms with Crippen molar-refractivity contribution in [2.45, 2.75) is 25.9 Å². The first-order valence-electron chi connectivity index (χ1n) is 8.22. The summed E-state index contributed by atoms with van der Waals surface area (Å²) in [6.45, 7) is 4.99. The number of rotatable bonds is 3. The molecule has 1 unspecified atom stereocenters. The molecular weight excluding hydrogens is 296 g/mol. The molecule has 1 aromatic rings. The average molecular weight is 320 g/mol. The lowest BCUT2D eigenvalue weighted by molar-refractivity contribution is 0.0752. The van der Waals surface area contributed by atoms with Crippen LogP contribution in [0.15, 0.2) is 12.1 Å². The summed E-state index contributed by atoms with van der Waals surface area (Å²) in [7, 11) is 0. The van der Waals surface area contributed by atoms with E-state index in [0.29, 0.717) is 43.4 Å². The van der Waals surface area contributed by atoms with Crippen LogP contribution in [0.3, 0.4) is 0 Å². The second-order valence-corrected chi connectivity index (χ2v) is 6.22. The Morgan fingerprint density at radius 1 is 1.39 bits per heavy atom. The highest BCUT2D eigenvalue weighted by atomic mass is 16.5. The van der Waals surface area contributed by atoms with Crippen LogP contribution in [0.4, 0.5) is 0 Å². The summed E-state index contributed by atoms with van der Waals surface area (Å²) in [5.74, 6) is 1.06. The van der Waals surface area contributed by atoms with Crippen LogP contribution in [0.2, 0.25) is 0 Å². The minimum absolute atomic E-state index is 0.0841. The third kappa shape index (κ3) is 3.76. The number of ether oxygens (including phenoxy) is 2. The number of β-amino-alcohol motifs (C(OH)–C–C–N with tert-alkyl or cyclic N) is 1. The summed E-state index contributed by atoms with van der Waals surface area (Å²) in [4.78, 5) is 12.6. The summed E-state index contributed by atoms with van der Waals surface area (Å²) in [6.07, 6.45) is 1.24. The van der Waals surface area contributed by atoms with Gasteiger partial charge < -0.3 is 25.2 Å². The number of amides is 1. The first-order chi connectivity index (χ1) is 11.1. The smallest absolute Gasteiger partial charge is 0.255 e. The van der Waals surface area contributed by atoms with Gasteiger partial charge in [-0.3, -0.25) is 4.79 Å². The summed E-state index contributed by atoms with van der Waals surface area (Å²) in [6, 6.07) is 3.72. The van der Waals surface area contributed by atoms with Gasteiger partial charge in [0.1, 0.15) is 0 Å². The van der Waals surface area contributed by atoms with E-state index in [1.807, 2.05) is 19.1 Å². The molecular formula is C17H24N2O4. The Balaban J connectivity index is 1.72. The van der Waals surface area contributed by atoms with E-state index >= 15 is 0 Å². The van der Waals surface area contributed by atoms with Gasteiger partial charge in [-0.15, -0.1) is 0 Å². The van der Waals surface area contributed by atoms with E-state index in [9.17, 15) is 9.90 Å². The van der Waals surface area contributed by atoms with Crippen LogP contribution in [-0.4, -0.2) is 50.0 Å². The van der Waals surface area contributed by atoms with Crippen molar-refractivity contribution >= 4 is 5.91 Å². The normalized spacial score (nSPS) is 23.9. The van der Waals surface area contributed by atoms with Crippen LogP contribution in [0, 0.1) is 12.8 Å². The van der Waals surface area contributed by atoms with E-state index in [-0.39, 0.29) is 11.8 Å². The molecule has 2 heterocycles. The maximum atomic E-state index is 12.6. The zero-order chi connectivity index (χ0) is 16.2. The molecule has 0 radical (unpaired) electrons. The van der Waals surface area contributed by atoms with Crippen LogP contribution < -0.4 is 20.1 Å². The predicted octanol–water partition coefficient (Wildman–Crippen LogP) is 0.857. The van der Waals surface area contributed by atoms with Gasteiger partial charge >= 0.3 is 0 Å². The molecule has 2 aliphatic rings. The van der Waals surface area contributed by atoms with Crippen LogP contribution in [0.5, 0.6) is 11.5 Å². The highest BCUT2D eigenvalue weighted by molar-refractivity contribution is 5.98. The highest BCUT2D eigenvalue weighted by Gasteiger charge is 2.25. The molecule has 1 amide bonds. The number of fused-ring (bicyclic) bond motifs is 1. The Morgan fingerprint density at radius 2 is 2.22 bits per heavy atom. The van der Waals surface area contributed by atoms with Gasteiger partial charge in [0, 0.05) is 25.4 Å². The number of carbonyl (C=O) groups is 1. The highest BCUT2D eigenvalue weighted by Crippen LogP contribution is 2.34. The van der Waals surface area contributed by atoms with E-state index in [1.54, 1.807) is 0 Å². The Hall–Kier alpha value is -1.79. The molecule has 0 bridgehead atoms. The second kappa shape index (κ2) is 7.19. The first kappa shape index (κ1) is 16.1. The number of nitrogens with one attached hydrogen (secondary N) is 2. The molecule has 1 fully saturated rings. The van der Waals surface area contributed by atoms with Crippen LogP contribution >= 0.6 is 0 Å². The lowest BCUT2D eigenvalue weighted by Gasteiger charge is -2.28. The average Bonchev–Trinajstić information content (AvgIpc) is 2.78. The van der Waals surface area contributed by atoms with Gasteiger partial charge in [-0.2, -0.15) is 0 Å². The molecule has 2 aliphatic heterocycles. The largest absolute Gasteiger partial charge is 0.490 e. The maximum Gasteiger partial charge on any atom is 0.255 e. The van der Waals surface area contributed by atoms with Crippen molar-refractivity contribution in [2.24, 2.45) is 5.92 Å². The topological polar surface area (TPSA) is 79.8 Å². The van der Waals surface area contributed by atoms with E-state index < -0.39 is 6.10 Å². The third-order valence-electron chi connectivity index (χ3n) is 4.35. The van der Waals surface area contributed by atoms with Crippen molar-refractivity contribution in [3.8, 4) is 11.5 Å². The predicted molar refractivity (Wildman–Crippen MR) is 86.1 cm³/mol. The Bertz CT molecular complexity index is 576. The lowest BCUT2D eigenvalue weighted by atomic mass is 9.95. The van der Waals surface area contributed by atoms with Gasteiger partial charge in [0.15, 0.2) is 11.5 Å². The fourth-order valence-corrected chi connectivity index (χ4v) is 3.03. The minimum atomic E-state index is -0.418. The van der Waals surface area contributed by atoms with Crippen LogP contribution in [0.25, 0.3) is 0 Å². The lowest BCUT2D eigenvalue weighted by Crippen LogP contribution is -2.45. The Kier molecular flexibility index (Phi) is 5.03. The molecule has 0 aromatic heterocycles. The van der Waals surface area contributed by atoms with Crippen LogP contribution in [0.1, 0.15) is 28.8 Å². The zero-order valence-corrected chi connectivity index (χ0v) is 13.4. The molecule has 0 spiro atoms. The zero-order valence-electron chi connectivity index (χ0n) is 13.4. The fraction of sp³-hybridized carbons (Fsp3) is 0.588. The van der Waals surface area contributed by atoms with Crippen molar-refractivity contribution < 1.29 is 19.4 Å². The number of aryl methyl sites for hydroxylation is 1. The van der Waals surface area contributed by atoms with Gasteiger partial charge in [-0.25, -0.2) is 0 Å². The third-order valence-corrected chi connectivity index (χ3v) is 4.35. The van der Waals surface area contributed by atoms with Crippen molar-refractivity contribution in [1.29, 1.82) is 0 Å². The molecule has 126 valence electrons. The van der Waals surface area contributed by atoms with E-state index in [1.165, 1.54) is 0 Å². The van der Waals surface area contributed by atoms with E-state index in [4.69, 9.17) is 9.47 Å². The van der Waals surface area contributed by atoms with Crippen molar-refractivity contribution in [3.05, 3.63) is 23.3 Å². The number of aliphatic hydroxyl groups is 1. The van der Waals surface area contributed by atoms with Gasteiger partial charge in [0.25, 0.3) is 5.91 Å². The molecule has 23 heavy (non-hydrogen) atoms. The molecule has 0 aliphatic carbocycles.